The average Bonchev–Trinajstić information content (AvgIpc) is 2.88. The highest BCUT2D eigenvalue weighted by Crippen LogP contribution is 2.30. The molecule has 186 valence electrons. The second-order valence-electron chi connectivity index (χ2n) is 9.14. The molecule has 0 saturated carbocycles. The van der Waals surface area contributed by atoms with Crippen molar-refractivity contribution in [2.24, 2.45) is 5.92 Å². The van der Waals surface area contributed by atoms with Gasteiger partial charge in [0.15, 0.2) is 0 Å². The summed E-state index contributed by atoms with van der Waals surface area (Å²) in [5.74, 6) is -0.00854. The first-order chi connectivity index (χ1) is 16.8. The quantitative estimate of drug-likeness (QED) is 0.594. The lowest BCUT2D eigenvalue weighted by atomic mass is 9.95. The third-order valence-electron chi connectivity index (χ3n) is 6.72. The molecule has 0 N–H and O–H groups in total. The lowest BCUT2D eigenvalue weighted by Gasteiger charge is -2.38. The molecule has 2 aromatic carbocycles. The third-order valence-corrected chi connectivity index (χ3v) is 6.72. The van der Waals surface area contributed by atoms with Gasteiger partial charge in [0.05, 0.1) is 5.56 Å². The molecule has 35 heavy (non-hydrogen) atoms. The minimum atomic E-state index is -4.35. The maximum Gasteiger partial charge on any atom is 0.416 e. The topological polar surface area (TPSA) is 43.9 Å². The van der Waals surface area contributed by atoms with Crippen molar-refractivity contribution in [3.63, 3.8) is 0 Å². The van der Waals surface area contributed by atoms with Gasteiger partial charge in [-0.25, -0.2) is 0 Å². The molecule has 0 bridgehead atoms. The van der Waals surface area contributed by atoms with Crippen molar-refractivity contribution < 1.29 is 22.8 Å². The molecular formula is C27H30F3N3O2. The summed E-state index contributed by atoms with van der Waals surface area (Å²) in [5, 5.41) is 0. The number of hydrogen-bond donors (Lipinski definition) is 0. The maximum atomic E-state index is 13.0. The Morgan fingerprint density at radius 2 is 1.54 bits per heavy atom. The fourth-order valence-electron chi connectivity index (χ4n) is 4.67. The number of piperazine rings is 1. The molecular weight excluding hydrogens is 455 g/mol. The Bertz CT molecular complexity index is 1040. The Labute approximate surface area is 203 Å². The SMILES string of the molecule is O=C(/C=C/c1ccccc1)N1CCC(C(=O)N2CCN(Cc3cccc(C(F)(F)F)c3)CC2)CC1. The van der Waals surface area contributed by atoms with E-state index in [9.17, 15) is 22.8 Å². The van der Waals surface area contributed by atoms with Gasteiger partial charge in [0.25, 0.3) is 0 Å². The average molecular weight is 486 g/mol. The van der Waals surface area contributed by atoms with Crippen LogP contribution >= 0.6 is 0 Å². The fourth-order valence-corrected chi connectivity index (χ4v) is 4.67. The standard InChI is InChI=1S/C27H30F3N3O2/c28-27(29,30)24-8-4-7-22(19-24)20-31-15-17-33(18-16-31)26(35)23-11-13-32(14-12-23)25(34)10-9-21-5-2-1-3-6-21/h1-10,19,23H,11-18,20H2/b10-9+. The van der Waals surface area contributed by atoms with Crippen LogP contribution in [0.25, 0.3) is 6.08 Å². The number of benzene rings is 2. The normalized spacial score (nSPS) is 18.3. The molecule has 5 nitrogen and oxygen atoms in total. The van der Waals surface area contributed by atoms with Gasteiger partial charge in [-0.15, -0.1) is 0 Å². The Hall–Kier alpha value is -3.13. The molecule has 2 aromatic rings. The molecule has 0 radical (unpaired) electrons. The van der Waals surface area contributed by atoms with Crippen molar-refractivity contribution >= 4 is 17.9 Å². The molecule has 2 aliphatic heterocycles. The lowest BCUT2D eigenvalue weighted by Crippen LogP contribution is -2.51. The van der Waals surface area contributed by atoms with Crippen LogP contribution in [0.1, 0.15) is 29.5 Å². The summed E-state index contributed by atoms with van der Waals surface area (Å²) in [6.07, 6.45) is 0.335. The highest BCUT2D eigenvalue weighted by Gasteiger charge is 2.32. The van der Waals surface area contributed by atoms with Crippen molar-refractivity contribution in [1.82, 2.24) is 14.7 Å². The van der Waals surface area contributed by atoms with E-state index in [1.807, 2.05) is 35.2 Å². The minimum absolute atomic E-state index is 0.0389. The molecule has 0 aromatic heterocycles. The number of alkyl halides is 3. The van der Waals surface area contributed by atoms with E-state index in [2.05, 4.69) is 4.90 Å². The van der Waals surface area contributed by atoms with Crippen molar-refractivity contribution in [2.45, 2.75) is 25.6 Å². The fraction of sp³-hybridized carbons (Fsp3) is 0.407. The van der Waals surface area contributed by atoms with E-state index in [1.165, 1.54) is 12.1 Å². The van der Waals surface area contributed by atoms with Crippen LogP contribution in [0.3, 0.4) is 0 Å². The first-order valence-electron chi connectivity index (χ1n) is 12.0. The van der Waals surface area contributed by atoms with Crippen LogP contribution in [0.2, 0.25) is 0 Å². The second kappa shape index (κ2) is 11.1. The van der Waals surface area contributed by atoms with Crippen molar-refractivity contribution in [3.8, 4) is 0 Å². The smallest absolute Gasteiger partial charge is 0.340 e. The summed E-state index contributed by atoms with van der Waals surface area (Å²) in [6.45, 7) is 3.94. The zero-order valence-electron chi connectivity index (χ0n) is 19.6. The molecule has 4 rings (SSSR count). The molecule has 0 spiro atoms. The Balaban J connectivity index is 1.22. The summed E-state index contributed by atoms with van der Waals surface area (Å²) in [4.78, 5) is 31.2. The zero-order chi connectivity index (χ0) is 24.8. The van der Waals surface area contributed by atoms with Gasteiger partial charge in [-0.1, -0.05) is 48.5 Å². The molecule has 0 unspecified atom stereocenters. The van der Waals surface area contributed by atoms with Gasteiger partial charge in [0, 0.05) is 57.8 Å². The molecule has 0 atom stereocenters. The molecule has 8 heteroatoms. The van der Waals surface area contributed by atoms with Crippen LogP contribution in [0, 0.1) is 5.92 Å². The monoisotopic (exact) mass is 485 g/mol. The number of hydrogen-bond acceptors (Lipinski definition) is 3. The Morgan fingerprint density at radius 3 is 2.20 bits per heavy atom. The second-order valence-corrected chi connectivity index (χ2v) is 9.14. The predicted octanol–water partition coefficient (Wildman–Crippen LogP) is 4.30. The predicted molar refractivity (Wildman–Crippen MR) is 128 cm³/mol. The van der Waals surface area contributed by atoms with Crippen molar-refractivity contribution in [2.75, 3.05) is 39.3 Å². The van der Waals surface area contributed by atoms with Crippen molar-refractivity contribution in [3.05, 3.63) is 77.4 Å². The first kappa shape index (κ1) is 25.0. The summed E-state index contributed by atoms with van der Waals surface area (Å²) in [6, 6.07) is 15.1. The van der Waals surface area contributed by atoms with Gasteiger partial charge in [0.2, 0.25) is 11.8 Å². The Kier molecular flexibility index (Phi) is 7.90. The van der Waals surface area contributed by atoms with Gasteiger partial charge in [-0.2, -0.15) is 13.2 Å². The molecule has 2 aliphatic rings. The van der Waals surface area contributed by atoms with E-state index < -0.39 is 11.7 Å². The van der Waals surface area contributed by atoms with Gasteiger partial charge in [0.1, 0.15) is 0 Å². The van der Waals surface area contributed by atoms with E-state index in [-0.39, 0.29) is 17.7 Å². The molecule has 0 aliphatic carbocycles. The van der Waals surface area contributed by atoms with E-state index in [0.717, 1.165) is 11.6 Å². The summed E-state index contributed by atoms with van der Waals surface area (Å²) < 4.78 is 38.9. The minimum Gasteiger partial charge on any atom is -0.340 e. The number of halogens is 3. The number of likely N-dealkylation sites (tertiary alicyclic amines) is 1. The number of piperidine rings is 1. The Morgan fingerprint density at radius 1 is 0.857 bits per heavy atom. The van der Waals surface area contributed by atoms with E-state index in [0.29, 0.717) is 64.2 Å². The van der Waals surface area contributed by atoms with Gasteiger partial charge >= 0.3 is 6.18 Å². The van der Waals surface area contributed by atoms with Crippen LogP contribution in [-0.4, -0.2) is 65.8 Å². The van der Waals surface area contributed by atoms with E-state index >= 15 is 0 Å². The number of rotatable bonds is 5. The lowest BCUT2D eigenvalue weighted by molar-refractivity contribution is -0.141. The number of carbonyl (C=O) groups is 2. The van der Waals surface area contributed by atoms with Crippen LogP contribution in [0.5, 0.6) is 0 Å². The highest BCUT2D eigenvalue weighted by molar-refractivity contribution is 5.92. The molecule has 2 heterocycles. The highest BCUT2D eigenvalue weighted by atomic mass is 19.4. The molecule has 2 amide bonds. The van der Waals surface area contributed by atoms with Crippen LogP contribution < -0.4 is 0 Å². The maximum absolute atomic E-state index is 13.0. The van der Waals surface area contributed by atoms with E-state index in [1.54, 1.807) is 23.1 Å². The van der Waals surface area contributed by atoms with Gasteiger partial charge < -0.3 is 9.80 Å². The number of amides is 2. The van der Waals surface area contributed by atoms with Crippen molar-refractivity contribution in [1.29, 1.82) is 0 Å². The summed E-state index contributed by atoms with van der Waals surface area (Å²) >= 11 is 0. The largest absolute Gasteiger partial charge is 0.416 e. The summed E-state index contributed by atoms with van der Waals surface area (Å²) in [5.41, 5.74) is 0.959. The van der Waals surface area contributed by atoms with Gasteiger partial charge in [-0.05, 0) is 36.1 Å². The van der Waals surface area contributed by atoms with Crippen LogP contribution in [-0.2, 0) is 22.3 Å². The third kappa shape index (κ3) is 6.72. The number of nitrogens with zero attached hydrogens (tertiary/aromatic N) is 3. The summed E-state index contributed by atoms with van der Waals surface area (Å²) in [7, 11) is 0. The van der Waals surface area contributed by atoms with Crippen LogP contribution in [0.4, 0.5) is 13.2 Å². The zero-order valence-corrected chi connectivity index (χ0v) is 19.6. The number of carbonyl (C=O) groups excluding carboxylic acids is 2. The van der Waals surface area contributed by atoms with Gasteiger partial charge in [-0.3, -0.25) is 14.5 Å². The first-order valence-corrected chi connectivity index (χ1v) is 12.0. The van der Waals surface area contributed by atoms with Crippen LogP contribution in [0.15, 0.2) is 60.7 Å². The molecule has 2 saturated heterocycles. The van der Waals surface area contributed by atoms with E-state index in [4.69, 9.17) is 0 Å². The molecule has 2 fully saturated rings.